The molecule has 0 aliphatic carbocycles. The molecule has 2 aliphatic heterocycles. The number of ether oxygens (including phenoxy) is 5. The summed E-state index contributed by atoms with van der Waals surface area (Å²) in [5.41, 5.74) is 2.17. The fourth-order valence-electron chi connectivity index (χ4n) is 5.09. The van der Waals surface area contributed by atoms with Gasteiger partial charge in [0.05, 0.1) is 30.6 Å². The summed E-state index contributed by atoms with van der Waals surface area (Å²) in [6.45, 7) is 0.951. The van der Waals surface area contributed by atoms with E-state index in [2.05, 4.69) is 0 Å². The summed E-state index contributed by atoms with van der Waals surface area (Å²) < 4.78 is 46.3. The second-order valence-electron chi connectivity index (χ2n) is 9.85. The molecule has 4 aromatic carbocycles. The molecule has 0 saturated carbocycles. The van der Waals surface area contributed by atoms with Crippen molar-refractivity contribution in [1.29, 1.82) is 0 Å². The Labute approximate surface area is 237 Å². The minimum absolute atomic E-state index is 0.281. The third-order valence-corrected chi connectivity index (χ3v) is 8.65. The van der Waals surface area contributed by atoms with Crippen LogP contribution in [0.15, 0.2) is 126 Å². The highest BCUT2D eigenvalue weighted by molar-refractivity contribution is 7.85. The zero-order valence-corrected chi connectivity index (χ0v) is 22.8. The van der Waals surface area contributed by atoms with Crippen molar-refractivity contribution < 1.29 is 27.9 Å². The van der Waals surface area contributed by atoms with Crippen LogP contribution in [0.2, 0.25) is 0 Å². The van der Waals surface area contributed by atoms with Gasteiger partial charge in [-0.3, -0.25) is 4.21 Å². The predicted molar refractivity (Wildman–Crippen MR) is 152 cm³/mol. The van der Waals surface area contributed by atoms with Gasteiger partial charge in [0.15, 0.2) is 11.7 Å². The van der Waals surface area contributed by atoms with E-state index in [1.165, 1.54) is 0 Å². The van der Waals surface area contributed by atoms with Crippen molar-refractivity contribution in [2.75, 3.05) is 6.61 Å². The van der Waals surface area contributed by atoms with E-state index in [1.54, 1.807) is 0 Å². The van der Waals surface area contributed by atoms with Crippen LogP contribution in [0.1, 0.15) is 23.0 Å². The van der Waals surface area contributed by atoms with Gasteiger partial charge in [-0.2, -0.15) is 0 Å². The monoisotopic (exact) mass is 556 g/mol. The second-order valence-corrected chi connectivity index (χ2v) is 11.4. The lowest BCUT2D eigenvalue weighted by atomic mass is 9.98. The van der Waals surface area contributed by atoms with E-state index in [4.69, 9.17) is 23.7 Å². The Hall–Kier alpha value is -3.17. The predicted octanol–water partition coefficient (Wildman–Crippen LogP) is 5.80. The molecule has 0 spiro atoms. The summed E-state index contributed by atoms with van der Waals surface area (Å²) in [5, 5.41) is 0. The first-order chi connectivity index (χ1) is 19.8. The quantitative estimate of drug-likeness (QED) is 0.260. The van der Waals surface area contributed by atoms with Crippen LogP contribution >= 0.6 is 0 Å². The van der Waals surface area contributed by atoms with Crippen LogP contribution in [0.25, 0.3) is 0 Å². The first kappa shape index (κ1) is 27.0. The Morgan fingerprint density at radius 1 is 0.650 bits per heavy atom. The molecule has 0 radical (unpaired) electrons. The molecular formula is C33H32O6S. The van der Waals surface area contributed by atoms with Gasteiger partial charge >= 0.3 is 0 Å². The smallest absolute Gasteiger partial charge is 0.184 e. The van der Waals surface area contributed by atoms with E-state index in [1.807, 2.05) is 121 Å². The van der Waals surface area contributed by atoms with Gasteiger partial charge in [-0.05, 0) is 23.3 Å². The van der Waals surface area contributed by atoms with E-state index in [9.17, 15) is 4.21 Å². The molecule has 0 bridgehead atoms. The largest absolute Gasteiger partial charge is 0.368 e. The van der Waals surface area contributed by atoms with Gasteiger partial charge in [0.25, 0.3) is 0 Å². The third kappa shape index (κ3) is 6.25. The maximum absolute atomic E-state index is 14.0. The van der Waals surface area contributed by atoms with Crippen molar-refractivity contribution in [2.24, 2.45) is 0 Å². The lowest BCUT2D eigenvalue weighted by Gasteiger charge is -2.49. The molecule has 0 amide bonds. The minimum Gasteiger partial charge on any atom is -0.368 e. The SMILES string of the molecule is O=S(c1ccccc1)[C@@H]1O[C@@H]2CO[C@@H](c3ccccc3)O[C@H]2[C@H](OCc2ccccc2)[C@H]1OCc1ccccc1. The van der Waals surface area contributed by atoms with Crippen LogP contribution in [0.4, 0.5) is 0 Å². The summed E-state index contributed by atoms with van der Waals surface area (Å²) in [7, 11) is -1.52. The molecule has 2 fully saturated rings. The van der Waals surface area contributed by atoms with Crippen LogP contribution in [0.5, 0.6) is 0 Å². The van der Waals surface area contributed by atoms with Crippen LogP contribution in [0.3, 0.4) is 0 Å². The van der Waals surface area contributed by atoms with E-state index in [0.717, 1.165) is 16.7 Å². The second kappa shape index (κ2) is 13.0. The van der Waals surface area contributed by atoms with Crippen LogP contribution < -0.4 is 0 Å². The Morgan fingerprint density at radius 3 is 1.77 bits per heavy atom. The molecular weight excluding hydrogens is 524 g/mol. The lowest BCUT2D eigenvalue weighted by molar-refractivity contribution is -0.330. The standard InChI is InChI=1S/C33H32O6S/c34-40(27-19-11-4-12-20-27)33-31(36-22-25-15-7-2-8-16-25)30(35-21-24-13-5-1-6-14-24)29-28(38-33)23-37-32(39-29)26-17-9-3-10-18-26/h1-20,28-33H,21-23H2/t28-,29-,30+,31-,32-,33+,40?/m1/s1. The summed E-state index contributed by atoms with van der Waals surface area (Å²) in [5.74, 6) is 0. The van der Waals surface area contributed by atoms with Crippen LogP contribution in [-0.2, 0) is 47.7 Å². The molecule has 0 aromatic heterocycles. The van der Waals surface area contributed by atoms with Gasteiger partial charge in [-0.15, -0.1) is 0 Å². The average molecular weight is 557 g/mol. The van der Waals surface area contributed by atoms with Gasteiger partial charge < -0.3 is 23.7 Å². The third-order valence-electron chi connectivity index (χ3n) is 7.11. The van der Waals surface area contributed by atoms with E-state index in [0.29, 0.717) is 18.1 Å². The van der Waals surface area contributed by atoms with E-state index < -0.39 is 46.9 Å². The first-order valence-corrected chi connectivity index (χ1v) is 14.7. The van der Waals surface area contributed by atoms with Gasteiger partial charge in [-0.1, -0.05) is 109 Å². The number of hydrogen-bond donors (Lipinski definition) is 0. The van der Waals surface area contributed by atoms with Crippen molar-refractivity contribution in [3.05, 3.63) is 138 Å². The molecule has 7 heteroatoms. The highest BCUT2D eigenvalue weighted by atomic mass is 32.2. The molecule has 4 aromatic rings. The number of rotatable bonds is 9. The van der Waals surface area contributed by atoms with E-state index in [-0.39, 0.29) is 6.61 Å². The van der Waals surface area contributed by atoms with Crippen LogP contribution in [0, 0.1) is 0 Å². The number of fused-ring (bicyclic) bond motifs is 1. The van der Waals surface area contributed by atoms with Gasteiger partial charge in [0, 0.05) is 10.5 Å². The highest BCUT2D eigenvalue weighted by Crippen LogP contribution is 2.38. The molecule has 2 saturated heterocycles. The molecule has 1 unspecified atom stereocenters. The Morgan fingerprint density at radius 2 is 1.18 bits per heavy atom. The van der Waals surface area contributed by atoms with E-state index >= 15 is 0 Å². The molecule has 7 atom stereocenters. The summed E-state index contributed by atoms with van der Waals surface area (Å²) in [4.78, 5) is 0.667. The molecule has 2 heterocycles. The topological polar surface area (TPSA) is 63.2 Å². The molecule has 40 heavy (non-hydrogen) atoms. The molecule has 6 rings (SSSR count). The van der Waals surface area contributed by atoms with Crippen molar-refractivity contribution in [3.8, 4) is 0 Å². The maximum atomic E-state index is 14.0. The average Bonchev–Trinajstić information content (AvgIpc) is 3.03. The molecule has 6 nitrogen and oxygen atoms in total. The normalized spacial score (nSPS) is 27.0. The molecule has 2 aliphatic rings. The molecule has 0 N–H and O–H groups in total. The Bertz CT molecular complexity index is 1360. The minimum atomic E-state index is -1.52. The van der Waals surface area contributed by atoms with Crippen molar-refractivity contribution in [2.45, 2.75) is 54.3 Å². The van der Waals surface area contributed by atoms with Gasteiger partial charge in [-0.25, -0.2) is 0 Å². The first-order valence-electron chi connectivity index (χ1n) is 13.5. The zero-order chi connectivity index (χ0) is 27.1. The summed E-state index contributed by atoms with van der Waals surface area (Å²) in [6.07, 6.45) is -2.77. The highest BCUT2D eigenvalue weighted by Gasteiger charge is 2.53. The fraction of sp³-hybridized carbons (Fsp3) is 0.273. The summed E-state index contributed by atoms with van der Waals surface area (Å²) >= 11 is 0. The Balaban J connectivity index is 1.33. The number of benzene rings is 4. The van der Waals surface area contributed by atoms with Crippen molar-refractivity contribution in [1.82, 2.24) is 0 Å². The number of hydrogen-bond acceptors (Lipinski definition) is 6. The van der Waals surface area contributed by atoms with Crippen molar-refractivity contribution in [3.63, 3.8) is 0 Å². The molecule has 206 valence electrons. The zero-order valence-electron chi connectivity index (χ0n) is 22.0. The van der Waals surface area contributed by atoms with Gasteiger partial charge in [0.2, 0.25) is 0 Å². The van der Waals surface area contributed by atoms with Crippen molar-refractivity contribution >= 4 is 10.8 Å². The van der Waals surface area contributed by atoms with Gasteiger partial charge in [0.1, 0.15) is 24.4 Å². The maximum Gasteiger partial charge on any atom is 0.184 e. The summed E-state index contributed by atoms with van der Waals surface area (Å²) in [6, 6.07) is 39.1. The Kier molecular flexibility index (Phi) is 8.78. The van der Waals surface area contributed by atoms with Crippen LogP contribution in [-0.4, -0.2) is 40.7 Å². The lowest BCUT2D eigenvalue weighted by Crippen LogP contribution is -2.63. The fourth-order valence-corrected chi connectivity index (χ4v) is 6.50.